The van der Waals surface area contributed by atoms with Crippen LogP contribution in [0.15, 0.2) is 0 Å². The van der Waals surface area contributed by atoms with E-state index >= 15 is 0 Å². The maximum atomic E-state index is 5.15. The molecule has 0 unspecified atom stereocenters. The van der Waals surface area contributed by atoms with Crippen LogP contribution in [0.25, 0.3) is 68.3 Å². The summed E-state index contributed by atoms with van der Waals surface area (Å²) in [5.74, 6) is 1.16. The molecule has 9 heteroatoms. The van der Waals surface area contributed by atoms with Crippen molar-refractivity contribution in [1.29, 1.82) is 0 Å². The molecule has 0 N–H and O–H groups in total. The highest BCUT2D eigenvalue weighted by atomic mass is 15.2. The smallest absolute Gasteiger partial charge is 0.184 e. The van der Waals surface area contributed by atoms with Crippen molar-refractivity contribution in [3.63, 3.8) is 0 Å². The molecule has 0 saturated heterocycles. The van der Waals surface area contributed by atoms with E-state index in [1.54, 1.807) is 0 Å². The average Bonchev–Trinajstić information content (AvgIpc) is 3.26. The van der Waals surface area contributed by atoms with Crippen molar-refractivity contribution in [3.05, 3.63) is 117 Å². The fraction of sp³-hybridized carbons (Fsp3) is 0.389. The van der Waals surface area contributed by atoms with Crippen molar-refractivity contribution >= 4 is 0 Å². The summed E-state index contributed by atoms with van der Waals surface area (Å²) in [6, 6.07) is 0. The highest BCUT2D eigenvalue weighted by Crippen LogP contribution is 2.40. The Kier molecular flexibility index (Phi) is 11.6. The van der Waals surface area contributed by atoms with Crippen LogP contribution in [0.1, 0.15) is 117 Å². The molecule has 0 amide bonds. The molecule has 0 aliphatic heterocycles. The Morgan fingerprint density at radius 2 is 0.302 bits per heavy atom. The van der Waals surface area contributed by atoms with Crippen molar-refractivity contribution < 1.29 is 0 Å². The first-order valence-corrected chi connectivity index (χ1v) is 22.0. The number of nitrogens with zero attached hydrogens (tertiary/aromatic N) is 9. The van der Waals surface area contributed by atoms with Crippen LogP contribution in [0.2, 0.25) is 0 Å². The lowest BCUT2D eigenvalue weighted by atomic mass is 9.86. The van der Waals surface area contributed by atoms with Gasteiger partial charge in [0.25, 0.3) is 0 Å². The first kappa shape index (κ1) is 44.9. The second-order valence-corrected chi connectivity index (χ2v) is 18.2. The third-order valence-electron chi connectivity index (χ3n) is 15.5. The number of rotatable bonds is 6. The second kappa shape index (κ2) is 16.2. The lowest BCUT2D eigenvalue weighted by molar-refractivity contribution is 0.935. The van der Waals surface area contributed by atoms with Crippen LogP contribution in [0.4, 0.5) is 0 Å². The minimum Gasteiger partial charge on any atom is -0.205 e. The van der Waals surface area contributed by atoms with E-state index in [2.05, 4.69) is 145 Å². The fourth-order valence-electron chi connectivity index (χ4n) is 9.42. The Balaban J connectivity index is 1.48. The molecule has 4 heterocycles. The van der Waals surface area contributed by atoms with Crippen molar-refractivity contribution in [2.75, 3.05) is 0 Å². The van der Waals surface area contributed by atoms with E-state index in [9.17, 15) is 0 Å². The molecule has 0 saturated carbocycles. The summed E-state index contributed by atoms with van der Waals surface area (Å²) in [4.78, 5) is 15.5. The zero-order chi connectivity index (χ0) is 46.4. The van der Waals surface area contributed by atoms with E-state index in [1.165, 1.54) is 83.5 Å². The standard InChI is InChI=1S/C54H63N9/c1-22-25(4)31(10)43(32(11)26(22)5)46-37(16)40(19)49(61-58-46)52-55-53(50-41(20)38(17)47(59-62-50)44-33(12)27(6)23(2)28(7)34(44)13)57-54(56-52)51-42(21)39(18)48(60-63-51)45-35(14)29(8)24(3)30(9)36(45)15/h1-21H3. The van der Waals surface area contributed by atoms with Gasteiger partial charge in [-0.25, -0.2) is 15.0 Å². The van der Waals surface area contributed by atoms with Crippen LogP contribution in [-0.2, 0) is 0 Å². The molecular formula is C54H63N9. The second-order valence-electron chi connectivity index (χ2n) is 18.2. The Morgan fingerprint density at radius 3 is 0.492 bits per heavy atom. The fourth-order valence-corrected chi connectivity index (χ4v) is 9.42. The van der Waals surface area contributed by atoms with Gasteiger partial charge in [0.1, 0.15) is 17.1 Å². The molecule has 63 heavy (non-hydrogen) atoms. The Hall–Kier alpha value is -6.09. The van der Waals surface area contributed by atoms with E-state index in [0.29, 0.717) is 34.6 Å². The molecular weight excluding hydrogens is 775 g/mol. The van der Waals surface area contributed by atoms with E-state index < -0.39 is 0 Å². The van der Waals surface area contributed by atoms with Gasteiger partial charge in [-0.15, -0.1) is 30.6 Å². The summed E-state index contributed by atoms with van der Waals surface area (Å²) in [5.41, 5.74) is 32.5. The molecule has 0 fully saturated rings. The van der Waals surface area contributed by atoms with E-state index in [4.69, 9.17) is 45.5 Å². The Bertz CT molecular complexity index is 2690. The maximum absolute atomic E-state index is 5.15. The van der Waals surface area contributed by atoms with Gasteiger partial charge in [0.05, 0.1) is 17.1 Å². The lowest BCUT2D eigenvalue weighted by Gasteiger charge is -2.21. The van der Waals surface area contributed by atoms with Crippen LogP contribution in [0.3, 0.4) is 0 Å². The third-order valence-corrected chi connectivity index (χ3v) is 15.5. The molecule has 7 rings (SSSR count). The number of aromatic nitrogens is 9. The van der Waals surface area contributed by atoms with Crippen molar-refractivity contribution in [2.45, 2.75) is 145 Å². The molecule has 0 spiro atoms. The van der Waals surface area contributed by atoms with Crippen LogP contribution < -0.4 is 0 Å². The van der Waals surface area contributed by atoms with Crippen LogP contribution in [-0.4, -0.2) is 45.5 Å². The Labute approximate surface area is 374 Å². The van der Waals surface area contributed by atoms with Crippen molar-refractivity contribution in [1.82, 2.24) is 45.5 Å². The normalized spacial score (nSPS) is 11.6. The molecule has 0 atom stereocenters. The minimum atomic E-state index is 0.387. The topological polar surface area (TPSA) is 116 Å². The molecule has 4 aromatic heterocycles. The predicted octanol–water partition coefficient (Wildman–Crippen LogP) is 12.7. The highest BCUT2D eigenvalue weighted by Gasteiger charge is 2.27. The van der Waals surface area contributed by atoms with Gasteiger partial charge in [-0.05, 0) is 262 Å². The van der Waals surface area contributed by atoms with Crippen LogP contribution in [0.5, 0.6) is 0 Å². The quantitative estimate of drug-likeness (QED) is 0.161. The summed E-state index contributed by atoms with van der Waals surface area (Å²) >= 11 is 0. The highest BCUT2D eigenvalue weighted by molar-refractivity contribution is 5.80. The lowest BCUT2D eigenvalue weighted by Crippen LogP contribution is -2.11. The number of benzene rings is 3. The number of hydrogen-bond acceptors (Lipinski definition) is 9. The first-order valence-electron chi connectivity index (χ1n) is 22.0. The monoisotopic (exact) mass is 838 g/mol. The molecule has 9 nitrogen and oxygen atoms in total. The molecule has 0 radical (unpaired) electrons. The van der Waals surface area contributed by atoms with Gasteiger partial charge in [0.15, 0.2) is 17.5 Å². The maximum Gasteiger partial charge on any atom is 0.184 e. The van der Waals surface area contributed by atoms with E-state index in [0.717, 1.165) is 67.2 Å². The molecule has 3 aromatic carbocycles. The summed E-state index contributed by atoms with van der Waals surface area (Å²) in [6.45, 7) is 45.3. The summed E-state index contributed by atoms with van der Waals surface area (Å²) in [7, 11) is 0. The zero-order valence-electron chi connectivity index (χ0n) is 41.5. The van der Waals surface area contributed by atoms with Gasteiger partial charge in [-0.3, -0.25) is 0 Å². The van der Waals surface area contributed by atoms with Crippen molar-refractivity contribution in [3.8, 4) is 68.3 Å². The van der Waals surface area contributed by atoms with Gasteiger partial charge < -0.3 is 0 Å². The van der Waals surface area contributed by atoms with Gasteiger partial charge >= 0.3 is 0 Å². The van der Waals surface area contributed by atoms with E-state index in [-0.39, 0.29) is 0 Å². The Morgan fingerprint density at radius 1 is 0.159 bits per heavy atom. The zero-order valence-corrected chi connectivity index (χ0v) is 41.5. The van der Waals surface area contributed by atoms with Gasteiger partial charge in [0, 0.05) is 16.7 Å². The first-order chi connectivity index (χ1) is 29.5. The van der Waals surface area contributed by atoms with Crippen LogP contribution >= 0.6 is 0 Å². The molecule has 0 aliphatic carbocycles. The number of hydrogen-bond donors (Lipinski definition) is 0. The molecule has 324 valence electrons. The predicted molar refractivity (Wildman–Crippen MR) is 259 cm³/mol. The molecule has 0 aliphatic rings. The van der Waals surface area contributed by atoms with Gasteiger partial charge in [0.2, 0.25) is 0 Å². The summed E-state index contributed by atoms with van der Waals surface area (Å²) in [5, 5.41) is 29.6. The van der Waals surface area contributed by atoms with Crippen LogP contribution in [0, 0.1) is 145 Å². The summed E-state index contributed by atoms with van der Waals surface area (Å²) in [6.07, 6.45) is 0. The molecule has 0 bridgehead atoms. The third kappa shape index (κ3) is 6.95. The SMILES string of the molecule is Cc1c(-c2nc(-c3nnc(-c4c(C)c(C)c(C)c(C)c4C)c(C)c3C)nc(-c3nnc(-c4c(C)c(C)c(C)c(C)c4C)c(C)c3C)n2)nnc(-c2c(C)c(C)c(C)c(C)c2C)c1C. The summed E-state index contributed by atoms with van der Waals surface area (Å²) < 4.78 is 0. The van der Waals surface area contributed by atoms with Gasteiger partial charge in [-0.2, -0.15) is 0 Å². The molecule has 7 aromatic rings. The van der Waals surface area contributed by atoms with E-state index in [1.807, 2.05) is 0 Å². The van der Waals surface area contributed by atoms with Crippen molar-refractivity contribution in [2.24, 2.45) is 0 Å². The largest absolute Gasteiger partial charge is 0.205 e. The average molecular weight is 838 g/mol. The van der Waals surface area contributed by atoms with Gasteiger partial charge in [-0.1, -0.05) is 0 Å². The minimum absolute atomic E-state index is 0.387.